The topological polar surface area (TPSA) is 60.5 Å². The Labute approximate surface area is 216 Å². The van der Waals surface area contributed by atoms with Gasteiger partial charge in [0.2, 0.25) is 0 Å². The van der Waals surface area contributed by atoms with Crippen LogP contribution < -0.4 is 0 Å². The van der Waals surface area contributed by atoms with Crippen LogP contribution in [0.1, 0.15) is 41.2 Å². The van der Waals surface area contributed by atoms with E-state index in [9.17, 15) is 4.79 Å². The molecule has 3 heterocycles. The second-order valence-corrected chi connectivity index (χ2v) is 10.2. The normalized spacial score (nSPS) is 18.1. The molecular weight excluding hydrogens is 462 g/mol. The number of carbonyl (C=O) groups excluding carboxylic acids is 1. The van der Waals surface area contributed by atoms with E-state index in [2.05, 4.69) is 64.3 Å². The standard InChI is InChI=1S/C31H31N3O3/c1-19-16-33(17-20(2)36-19)31(35)25-11-13-28-27(14-25)26-12-10-24(30-21(3)32-37-22(30)4)15-29(26)34(28)18-23-8-6-5-7-9-23/h5-15,19-20H,16-18H2,1-4H3. The summed E-state index contributed by atoms with van der Waals surface area (Å²) in [7, 11) is 0. The van der Waals surface area contributed by atoms with Crippen molar-refractivity contribution in [2.45, 2.75) is 46.4 Å². The zero-order valence-corrected chi connectivity index (χ0v) is 21.7. The van der Waals surface area contributed by atoms with Crippen LogP contribution in [0.5, 0.6) is 0 Å². The lowest BCUT2D eigenvalue weighted by Crippen LogP contribution is -2.48. The molecule has 1 amide bonds. The third-order valence-corrected chi connectivity index (χ3v) is 7.33. The highest BCUT2D eigenvalue weighted by Gasteiger charge is 2.27. The zero-order valence-electron chi connectivity index (χ0n) is 21.7. The molecule has 2 atom stereocenters. The van der Waals surface area contributed by atoms with Gasteiger partial charge in [0.1, 0.15) is 5.76 Å². The molecule has 37 heavy (non-hydrogen) atoms. The van der Waals surface area contributed by atoms with E-state index in [0.717, 1.165) is 50.9 Å². The number of fused-ring (bicyclic) bond motifs is 3. The van der Waals surface area contributed by atoms with E-state index in [1.54, 1.807) is 0 Å². The predicted molar refractivity (Wildman–Crippen MR) is 146 cm³/mol. The van der Waals surface area contributed by atoms with Crippen molar-refractivity contribution in [2.75, 3.05) is 13.1 Å². The van der Waals surface area contributed by atoms with Crippen molar-refractivity contribution in [2.24, 2.45) is 0 Å². The van der Waals surface area contributed by atoms with Crippen LogP contribution in [-0.2, 0) is 11.3 Å². The van der Waals surface area contributed by atoms with Gasteiger partial charge in [0.15, 0.2) is 0 Å². The maximum Gasteiger partial charge on any atom is 0.254 e. The van der Waals surface area contributed by atoms with E-state index in [0.29, 0.717) is 18.7 Å². The van der Waals surface area contributed by atoms with Crippen LogP contribution in [0.3, 0.4) is 0 Å². The molecule has 2 unspecified atom stereocenters. The fourth-order valence-corrected chi connectivity index (χ4v) is 5.75. The molecule has 1 aliphatic rings. The van der Waals surface area contributed by atoms with Crippen molar-refractivity contribution in [3.63, 3.8) is 0 Å². The van der Waals surface area contributed by atoms with E-state index >= 15 is 0 Å². The lowest BCUT2D eigenvalue weighted by Gasteiger charge is -2.35. The summed E-state index contributed by atoms with van der Waals surface area (Å²) >= 11 is 0. The van der Waals surface area contributed by atoms with Crippen LogP contribution in [-0.4, -0.2) is 45.8 Å². The summed E-state index contributed by atoms with van der Waals surface area (Å²) in [5.74, 6) is 0.865. The van der Waals surface area contributed by atoms with Gasteiger partial charge in [0.25, 0.3) is 5.91 Å². The molecule has 0 spiro atoms. The maximum atomic E-state index is 13.5. The van der Waals surface area contributed by atoms with Gasteiger partial charge in [0, 0.05) is 47.1 Å². The van der Waals surface area contributed by atoms with E-state index < -0.39 is 0 Å². The number of nitrogens with zero attached hydrogens (tertiary/aromatic N) is 3. The highest BCUT2D eigenvalue weighted by Crippen LogP contribution is 2.35. The van der Waals surface area contributed by atoms with Crippen LogP contribution in [0.15, 0.2) is 71.3 Å². The van der Waals surface area contributed by atoms with Crippen molar-refractivity contribution >= 4 is 27.7 Å². The average molecular weight is 494 g/mol. The minimum absolute atomic E-state index is 0.0342. The van der Waals surface area contributed by atoms with Crippen molar-refractivity contribution in [3.8, 4) is 11.1 Å². The monoisotopic (exact) mass is 493 g/mol. The molecule has 1 aliphatic heterocycles. The Kier molecular flexibility index (Phi) is 5.84. The van der Waals surface area contributed by atoms with Crippen LogP contribution in [0, 0.1) is 13.8 Å². The third kappa shape index (κ3) is 4.21. The zero-order chi connectivity index (χ0) is 25.7. The Bertz CT molecular complexity index is 1590. The first-order chi connectivity index (χ1) is 17.9. The molecule has 0 radical (unpaired) electrons. The van der Waals surface area contributed by atoms with Gasteiger partial charge in [-0.2, -0.15) is 0 Å². The fourth-order valence-electron chi connectivity index (χ4n) is 5.75. The summed E-state index contributed by atoms with van der Waals surface area (Å²) in [6, 6.07) is 23.1. The summed E-state index contributed by atoms with van der Waals surface area (Å²) < 4.78 is 13.6. The number of aryl methyl sites for hydroxylation is 2. The number of rotatable bonds is 4. The largest absolute Gasteiger partial charge is 0.372 e. The Hall–Kier alpha value is -3.90. The van der Waals surface area contributed by atoms with Crippen molar-refractivity contribution in [3.05, 3.63) is 89.3 Å². The lowest BCUT2D eigenvalue weighted by atomic mass is 10.0. The van der Waals surface area contributed by atoms with Crippen LogP contribution in [0.4, 0.5) is 0 Å². The summed E-state index contributed by atoms with van der Waals surface area (Å²) in [6.45, 7) is 9.91. The highest BCUT2D eigenvalue weighted by molar-refractivity contribution is 6.11. The Balaban J connectivity index is 1.50. The Morgan fingerprint density at radius 1 is 0.919 bits per heavy atom. The molecule has 0 aliphatic carbocycles. The molecule has 0 N–H and O–H groups in total. The number of amides is 1. The third-order valence-electron chi connectivity index (χ3n) is 7.33. The maximum absolute atomic E-state index is 13.5. The Morgan fingerprint density at radius 2 is 1.68 bits per heavy atom. The first-order valence-corrected chi connectivity index (χ1v) is 12.9. The minimum atomic E-state index is 0.0342. The summed E-state index contributed by atoms with van der Waals surface area (Å²) in [4.78, 5) is 15.4. The quantitative estimate of drug-likeness (QED) is 0.292. The lowest BCUT2D eigenvalue weighted by molar-refractivity contribution is -0.0586. The number of aromatic nitrogens is 2. The van der Waals surface area contributed by atoms with E-state index in [4.69, 9.17) is 9.26 Å². The summed E-state index contributed by atoms with van der Waals surface area (Å²) in [5.41, 5.74) is 7.15. The number of hydrogen-bond acceptors (Lipinski definition) is 4. The van der Waals surface area contributed by atoms with Gasteiger partial charge in [-0.1, -0.05) is 47.6 Å². The van der Waals surface area contributed by atoms with Gasteiger partial charge >= 0.3 is 0 Å². The second-order valence-electron chi connectivity index (χ2n) is 10.2. The van der Waals surface area contributed by atoms with Crippen molar-refractivity contribution in [1.82, 2.24) is 14.6 Å². The van der Waals surface area contributed by atoms with E-state index in [1.807, 2.05) is 44.7 Å². The second kappa shape index (κ2) is 9.20. The minimum Gasteiger partial charge on any atom is -0.372 e. The Morgan fingerprint density at radius 3 is 2.38 bits per heavy atom. The number of ether oxygens (including phenoxy) is 1. The molecule has 3 aromatic carbocycles. The molecule has 6 nitrogen and oxygen atoms in total. The smallest absolute Gasteiger partial charge is 0.254 e. The first-order valence-electron chi connectivity index (χ1n) is 12.9. The molecule has 188 valence electrons. The van der Waals surface area contributed by atoms with Crippen LogP contribution >= 0.6 is 0 Å². The molecule has 0 bridgehead atoms. The van der Waals surface area contributed by atoms with Crippen LogP contribution in [0.2, 0.25) is 0 Å². The predicted octanol–water partition coefficient (Wildman–Crippen LogP) is 6.36. The van der Waals surface area contributed by atoms with Crippen molar-refractivity contribution in [1.29, 1.82) is 0 Å². The van der Waals surface area contributed by atoms with Gasteiger partial charge in [-0.25, -0.2) is 0 Å². The number of hydrogen-bond donors (Lipinski definition) is 0. The number of morpholine rings is 1. The number of benzene rings is 3. The average Bonchev–Trinajstić information content (AvgIpc) is 3.39. The fraction of sp³-hybridized carbons (Fsp3) is 0.290. The SMILES string of the molecule is Cc1noc(C)c1-c1ccc2c3cc(C(=O)N4CC(C)OC(C)C4)ccc3n(Cc3ccccc3)c2c1. The molecule has 5 aromatic rings. The van der Waals surface area contributed by atoms with Crippen LogP contribution in [0.25, 0.3) is 32.9 Å². The van der Waals surface area contributed by atoms with Gasteiger partial charge < -0.3 is 18.7 Å². The molecule has 6 rings (SSSR count). The summed E-state index contributed by atoms with van der Waals surface area (Å²) in [6.07, 6.45) is 0.0684. The molecule has 1 fully saturated rings. The van der Waals surface area contributed by atoms with E-state index in [-0.39, 0.29) is 18.1 Å². The molecule has 1 saturated heterocycles. The molecular formula is C31H31N3O3. The van der Waals surface area contributed by atoms with Crippen molar-refractivity contribution < 1.29 is 14.1 Å². The molecule has 6 heteroatoms. The molecule has 0 saturated carbocycles. The van der Waals surface area contributed by atoms with Gasteiger partial charge in [-0.3, -0.25) is 4.79 Å². The highest BCUT2D eigenvalue weighted by atomic mass is 16.5. The van der Waals surface area contributed by atoms with E-state index in [1.165, 1.54) is 5.56 Å². The van der Waals surface area contributed by atoms with Gasteiger partial charge in [-0.05, 0) is 63.1 Å². The first kappa shape index (κ1) is 23.5. The van der Waals surface area contributed by atoms with Gasteiger partial charge in [-0.15, -0.1) is 0 Å². The molecule has 2 aromatic heterocycles. The summed E-state index contributed by atoms with van der Waals surface area (Å²) in [5, 5.41) is 6.36. The number of carbonyl (C=O) groups is 1. The van der Waals surface area contributed by atoms with Gasteiger partial charge in [0.05, 0.1) is 23.4 Å².